The van der Waals surface area contributed by atoms with Crippen LogP contribution in [0.15, 0.2) is 9.70 Å². The second kappa shape index (κ2) is 11.9. The van der Waals surface area contributed by atoms with E-state index < -0.39 is 0 Å². The predicted octanol–water partition coefficient (Wildman–Crippen LogP) is 3.83. The monoisotopic (exact) mass is 516 g/mol. The van der Waals surface area contributed by atoms with E-state index in [2.05, 4.69) is 17.9 Å². The fourth-order valence-corrected chi connectivity index (χ4v) is 5.80. The molecular weight excluding hydrogens is 484 g/mol. The highest BCUT2D eigenvalue weighted by molar-refractivity contribution is 8.26. The number of nitriles is 1. The van der Waals surface area contributed by atoms with E-state index >= 15 is 0 Å². The largest absolute Gasteiger partial charge is 0.466 e. The minimum absolute atomic E-state index is 0.0738. The Morgan fingerprint density at radius 1 is 1.26 bits per heavy atom. The SMILES string of the molecule is CCCCN1C(=O)C(=Cc2c(C)c(C#N)c(=O)n(CC)c2N2CCC(C(=O)OCC)CC2)SC1=S. The average Bonchev–Trinajstić information content (AvgIpc) is 3.11. The highest BCUT2D eigenvalue weighted by Gasteiger charge is 2.34. The Morgan fingerprint density at radius 3 is 2.51 bits per heavy atom. The Balaban J connectivity index is 2.07. The predicted molar refractivity (Wildman–Crippen MR) is 142 cm³/mol. The second-order valence-electron chi connectivity index (χ2n) is 8.60. The van der Waals surface area contributed by atoms with Gasteiger partial charge in [0.2, 0.25) is 0 Å². The summed E-state index contributed by atoms with van der Waals surface area (Å²) in [5.41, 5.74) is 0.949. The molecule has 2 saturated heterocycles. The number of thiocarbonyl (C=S) groups is 1. The third kappa shape index (κ3) is 5.46. The number of unbranched alkanes of at least 4 members (excludes halogenated alkanes) is 1. The third-order valence-electron chi connectivity index (χ3n) is 6.46. The van der Waals surface area contributed by atoms with Crippen molar-refractivity contribution in [1.82, 2.24) is 9.47 Å². The summed E-state index contributed by atoms with van der Waals surface area (Å²) in [5, 5.41) is 9.74. The number of carbonyl (C=O) groups is 2. The Hall–Kier alpha value is -2.64. The van der Waals surface area contributed by atoms with Crippen molar-refractivity contribution in [3.8, 4) is 6.07 Å². The number of hydrogen-bond acceptors (Lipinski definition) is 8. The zero-order chi connectivity index (χ0) is 25.7. The van der Waals surface area contributed by atoms with Gasteiger partial charge in [0.15, 0.2) is 0 Å². The summed E-state index contributed by atoms with van der Waals surface area (Å²) < 4.78 is 7.31. The van der Waals surface area contributed by atoms with E-state index in [1.165, 1.54) is 11.8 Å². The van der Waals surface area contributed by atoms with Crippen molar-refractivity contribution < 1.29 is 14.3 Å². The number of amides is 1. The summed E-state index contributed by atoms with van der Waals surface area (Å²) in [4.78, 5) is 42.7. The average molecular weight is 517 g/mol. The van der Waals surface area contributed by atoms with Gasteiger partial charge in [-0.25, -0.2) is 0 Å². The maximum atomic E-state index is 13.2. The summed E-state index contributed by atoms with van der Waals surface area (Å²) in [6.45, 7) is 9.89. The molecule has 3 rings (SSSR count). The van der Waals surface area contributed by atoms with Gasteiger partial charge in [0.05, 0.1) is 17.4 Å². The quantitative estimate of drug-likeness (QED) is 0.292. The summed E-state index contributed by atoms with van der Waals surface area (Å²) in [6.07, 6.45) is 4.80. The highest BCUT2D eigenvalue weighted by atomic mass is 32.2. The molecule has 8 nitrogen and oxygen atoms in total. The lowest BCUT2D eigenvalue weighted by Gasteiger charge is -2.35. The molecule has 0 aromatic carbocycles. The first-order valence-electron chi connectivity index (χ1n) is 12.1. The lowest BCUT2D eigenvalue weighted by molar-refractivity contribution is -0.148. The standard InChI is InChI=1S/C25H32N4O4S2/c1-5-8-11-29-23(31)20(35-25(29)34)14-18-16(4)19(15-26)22(30)28(6-2)21(18)27-12-9-17(10-13-27)24(32)33-7-3/h14,17H,5-13H2,1-4H3. The molecule has 0 N–H and O–H groups in total. The van der Waals surface area contributed by atoms with Crippen LogP contribution in [0.2, 0.25) is 0 Å². The van der Waals surface area contributed by atoms with E-state index in [9.17, 15) is 19.6 Å². The van der Waals surface area contributed by atoms with Crippen LogP contribution < -0.4 is 10.5 Å². The molecule has 0 aliphatic carbocycles. The van der Waals surface area contributed by atoms with Gasteiger partial charge in [-0.05, 0) is 51.7 Å². The molecule has 3 heterocycles. The number of ether oxygens (including phenoxy) is 1. The zero-order valence-corrected chi connectivity index (χ0v) is 22.4. The first kappa shape index (κ1) is 27.0. The highest BCUT2D eigenvalue weighted by Crippen LogP contribution is 2.37. The maximum absolute atomic E-state index is 13.2. The molecule has 1 aromatic heterocycles. The Bertz CT molecular complexity index is 1140. The first-order valence-corrected chi connectivity index (χ1v) is 13.4. The molecule has 0 radical (unpaired) electrons. The van der Waals surface area contributed by atoms with Crippen LogP contribution in [0.4, 0.5) is 5.82 Å². The van der Waals surface area contributed by atoms with E-state index in [0.717, 1.165) is 12.8 Å². The number of piperidine rings is 1. The number of pyridine rings is 1. The molecule has 35 heavy (non-hydrogen) atoms. The number of nitrogens with zero attached hydrogens (tertiary/aromatic N) is 4. The summed E-state index contributed by atoms with van der Waals surface area (Å²) >= 11 is 6.71. The van der Waals surface area contributed by atoms with Crippen LogP contribution in [0.3, 0.4) is 0 Å². The lowest BCUT2D eigenvalue weighted by atomic mass is 9.95. The number of anilines is 1. The zero-order valence-electron chi connectivity index (χ0n) is 20.8. The van der Waals surface area contributed by atoms with Crippen LogP contribution in [0.1, 0.15) is 63.1 Å². The first-order chi connectivity index (χ1) is 16.8. The van der Waals surface area contributed by atoms with Gasteiger partial charge in [0.25, 0.3) is 11.5 Å². The molecule has 0 atom stereocenters. The van der Waals surface area contributed by atoms with Gasteiger partial charge in [0, 0.05) is 31.7 Å². The van der Waals surface area contributed by atoms with Gasteiger partial charge in [-0.2, -0.15) is 5.26 Å². The smallest absolute Gasteiger partial charge is 0.309 e. The molecular formula is C25H32N4O4S2. The topological polar surface area (TPSA) is 95.6 Å². The molecule has 0 bridgehead atoms. The molecule has 0 spiro atoms. The van der Waals surface area contributed by atoms with Crippen molar-refractivity contribution in [1.29, 1.82) is 5.26 Å². The molecule has 10 heteroatoms. The van der Waals surface area contributed by atoms with Crippen LogP contribution in [-0.2, 0) is 20.9 Å². The van der Waals surface area contributed by atoms with Crippen molar-refractivity contribution in [2.24, 2.45) is 5.92 Å². The van der Waals surface area contributed by atoms with Crippen LogP contribution in [0.5, 0.6) is 0 Å². The van der Waals surface area contributed by atoms with E-state index in [0.29, 0.717) is 71.8 Å². The number of esters is 1. The Morgan fingerprint density at radius 2 is 1.94 bits per heavy atom. The molecule has 0 saturated carbocycles. The van der Waals surface area contributed by atoms with E-state index in [-0.39, 0.29) is 28.9 Å². The van der Waals surface area contributed by atoms with Gasteiger partial charge in [-0.3, -0.25) is 23.9 Å². The molecule has 188 valence electrons. The van der Waals surface area contributed by atoms with Crippen LogP contribution in [-0.4, -0.2) is 51.9 Å². The van der Waals surface area contributed by atoms with Crippen molar-refractivity contribution in [3.63, 3.8) is 0 Å². The third-order valence-corrected chi connectivity index (χ3v) is 7.84. The number of carbonyl (C=O) groups excluding carboxylic acids is 2. The van der Waals surface area contributed by atoms with Crippen molar-refractivity contribution in [3.05, 3.63) is 31.9 Å². The Kier molecular flexibility index (Phi) is 9.14. The number of hydrogen-bond donors (Lipinski definition) is 0. The van der Waals surface area contributed by atoms with E-state index in [1.807, 2.05) is 6.92 Å². The summed E-state index contributed by atoms with van der Waals surface area (Å²) in [6, 6.07) is 2.06. The van der Waals surface area contributed by atoms with Crippen LogP contribution in [0.25, 0.3) is 6.08 Å². The van der Waals surface area contributed by atoms with Crippen molar-refractivity contribution in [2.45, 2.75) is 59.9 Å². The minimum atomic E-state index is -0.345. The molecule has 2 fully saturated rings. The molecule has 2 aliphatic heterocycles. The van der Waals surface area contributed by atoms with Crippen LogP contribution >= 0.6 is 24.0 Å². The number of aromatic nitrogens is 1. The maximum Gasteiger partial charge on any atom is 0.309 e. The molecule has 2 aliphatic rings. The van der Waals surface area contributed by atoms with Crippen LogP contribution in [0, 0.1) is 24.2 Å². The molecule has 1 aromatic rings. The second-order valence-corrected chi connectivity index (χ2v) is 10.3. The fourth-order valence-electron chi connectivity index (χ4n) is 4.51. The fraction of sp³-hybridized carbons (Fsp3) is 0.560. The van der Waals surface area contributed by atoms with Crippen molar-refractivity contribution in [2.75, 3.05) is 31.1 Å². The molecule has 0 unspecified atom stereocenters. The number of thioether (sulfide) groups is 1. The van der Waals surface area contributed by atoms with E-state index in [4.69, 9.17) is 17.0 Å². The Labute approximate surface area is 215 Å². The minimum Gasteiger partial charge on any atom is -0.466 e. The summed E-state index contributed by atoms with van der Waals surface area (Å²) in [5.74, 6) is 0.167. The van der Waals surface area contributed by atoms with Gasteiger partial charge >= 0.3 is 5.97 Å². The van der Waals surface area contributed by atoms with Gasteiger partial charge in [0.1, 0.15) is 21.8 Å². The van der Waals surface area contributed by atoms with Gasteiger partial charge < -0.3 is 9.64 Å². The van der Waals surface area contributed by atoms with E-state index in [1.54, 1.807) is 29.4 Å². The molecule has 1 amide bonds. The number of rotatable bonds is 8. The van der Waals surface area contributed by atoms with Gasteiger partial charge in [-0.1, -0.05) is 37.3 Å². The lowest BCUT2D eigenvalue weighted by Crippen LogP contribution is -2.41. The van der Waals surface area contributed by atoms with Crippen molar-refractivity contribution >= 4 is 52.1 Å². The summed E-state index contributed by atoms with van der Waals surface area (Å²) in [7, 11) is 0. The van der Waals surface area contributed by atoms with Gasteiger partial charge in [-0.15, -0.1) is 0 Å². The normalized spacial score (nSPS) is 17.9.